The summed E-state index contributed by atoms with van der Waals surface area (Å²) in [5.41, 5.74) is 0. The lowest BCUT2D eigenvalue weighted by molar-refractivity contribution is -0.142. The standard InChI is InChI=1S/C10H16FNO3/c1-6(13)12-9-3-8(10(11)4-9)5-15-7(2)14/h8-10H,3-5H2,1-2H3,(H,12,13)/t8-,9-,10+/m1/s1. The first-order valence-electron chi connectivity index (χ1n) is 5.03. The van der Waals surface area contributed by atoms with Crippen LogP contribution in [0.1, 0.15) is 26.7 Å². The Labute approximate surface area is 88.2 Å². The Balaban J connectivity index is 2.35. The van der Waals surface area contributed by atoms with Crippen molar-refractivity contribution >= 4 is 11.9 Å². The zero-order valence-corrected chi connectivity index (χ0v) is 8.96. The fraction of sp³-hybridized carbons (Fsp3) is 0.800. The van der Waals surface area contributed by atoms with Gasteiger partial charge in [0.15, 0.2) is 0 Å². The van der Waals surface area contributed by atoms with Crippen molar-refractivity contribution in [3.63, 3.8) is 0 Å². The number of hydrogen-bond donors (Lipinski definition) is 1. The Morgan fingerprint density at radius 1 is 1.40 bits per heavy atom. The predicted octanol–water partition coefficient (Wildman–Crippen LogP) is 0.802. The third kappa shape index (κ3) is 3.85. The summed E-state index contributed by atoms with van der Waals surface area (Å²) in [4.78, 5) is 21.3. The molecule has 1 aliphatic carbocycles. The van der Waals surface area contributed by atoms with Crippen LogP contribution in [0.5, 0.6) is 0 Å². The Morgan fingerprint density at radius 2 is 2.07 bits per heavy atom. The van der Waals surface area contributed by atoms with Gasteiger partial charge in [0.2, 0.25) is 5.91 Å². The summed E-state index contributed by atoms with van der Waals surface area (Å²) in [6.07, 6.45) is -0.152. The molecule has 1 saturated carbocycles. The van der Waals surface area contributed by atoms with Gasteiger partial charge in [-0.1, -0.05) is 0 Å². The Morgan fingerprint density at radius 3 is 2.60 bits per heavy atom. The average Bonchev–Trinajstić information content (AvgIpc) is 2.41. The maximum Gasteiger partial charge on any atom is 0.302 e. The van der Waals surface area contributed by atoms with Gasteiger partial charge in [-0.05, 0) is 12.8 Å². The van der Waals surface area contributed by atoms with Crippen molar-refractivity contribution in [2.75, 3.05) is 6.61 Å². The van der Waals surface area contributed by atoms with Crippen LogP contribution in [0.2, 0.25) is 0 Å². The highest BCUT2D eigenvalue weighted by molar-refractivity contribution is 5.73. The molecule has 86 valence electrons. The second-order valence-electron chi connectivity index (χ2n) is 3.95. The van der Waals surface area contributed by atoms with Crippen LogP contribution in [0.25, 0.3) is 0 Å². The molecular formula is C10H16FNO3. The van der Waals surface area contributed by atoms with Crippen LogP contribution in [0.15, 0.2) is 0 Å². The molecule has 0 radical (unpaired) electrons. The van der Waals surface area contributed by atoms with E-state index in [1.54, 1.807) is 0 Å². The van der Waals surface area contributed by atoms with Gasteiger partial charge in [0.1, 0.15) is 6.17 Å². The number of ether oxygens (including phenoxy) is 1. The molecule has 1 rings (SSSR count). The fourth-order valence-electron chi connectivity index (χ4n) is 1.88. The summed E-state index contributed by atoms with van der Waals surface area (Å²) in [6.45, 7) is 2.81. The van der Waals surface area contributed by atoms with Crippen LogP contribution in [0, 0.1) is 5.92 Å². The minimum Gasteiger partial charge on any atom is -0.465 e. The van der Waals surface area contributed by atoms with Crippen molar-refractivity contribution in [3.8, 4) is 0 Å². The Hall–Kier alpha value is -1.13. The number of amides is 1. The van der Waals surface area contributed by atoms with Crippen LogP contribution in [0.4, 0.5) is 4.39 Å². The zero-order valence-electron chi connectivity index (χ0n) is 8.96. The number of halogens is 1. The monoisotopic (exact) mass is 217 g/mol. The van der Waals surface area contributed by atoms with Gasteiger partial charge in [0, 0.05) is 25.8 Å². The van der Waals surface area contributed by atoms with E-state index in [2.05, 4.69) is 5.32 Å². The Bertz CT molecular complexity index is 257. The lowest BCUT2D eigenvalue weighted by Crippen LogP contribution is -2.31. The quantitative estimate of drug-likeness (QED) is 0.711. The average molecular weight is 217 g/mol. The van der Waals surface area contributed by atoms with Crippen molar-refractivity contribution in [3.05, 3.63) is 0 Å². The molecule has 0 saturated heterocycles. The summed E-state index contributed by atoms with van der Waals surface area (Å²) in [5.74, 6) is -0.837. The molecule has 0 aromatic heterocycles. The van der Waals surface area contributed by atoms with E-state index in [1.165, 1.54) is 13.8 Å². The first-order chi connectivity index (χ1) is 6.99. The molecule has 0 heterocycles. The molecule has 1 N–H and O–H groups in total. The minimum atomic E-state index is -0.999. The molecule has 1 amide bonds. The molecule has 15 heavy (non-hydrogen) atoms. The van der Waals surface area contributed by atoms with Crippen molar-refractivity contribution in [2.24, 2.45) is 5.92 Å². The maximum absolute atomic E-state index is 13.4. The van der Waals surface area contributed by atoms with Gasteiger partial charge < -0.3 is 10.1 Å². The molecule has 0 spiro atoms. The van der Waals surface area contributed by atoms with Gasteiger partial charge >= 0.3 is 5.97 Å². The SMILES string of the molecule is CC(=O)N[C@@H]1C[C@H](COC(C)=O)[C@@H](F)C1. The molecule has 0 aliphatic heterocycles. The molecule has 0 aromatic rings. The summed E-state index contributed by atoms with van der Waals surface area (Å²) in [6, 6.07) is -0.127. The molecule has 1 fully saturated rings. The number of nitrogens with one attached hydrogen (secondary N) is 1. The van der Waals surface area contributed by atoms with Crippen LogP contribution in [0.3, 0.4) is 0 Å². The summed E-state index contributed by atoms with van der Waals surface area (Å²) in [5, 5.41) is 2.67. The van der Waals surface area contributed by atoms with Gasteiger partial charge in [-0.2, -0.15) is 0 Å². The van der Waals surface area contributed by atoms with Crippen molar-refractivity contribution < 1.29 is 18.7 Å². The molecule has 5 heteroatoms. The Kier molecular flexibility index (Phi) is 4.05. The van der Waals surface area contributed by atoms with Crippen molar-refractivity contribution in [2.45, 2.75) is 38.9 Å². The van der Waals surface area contributed by atoms with E-state index < -0.39 is 12.1 Å². The van der Waals surface area contributed by atoms with Crippen LogP contribution in [-0.4, -0.2) is 30.7 Å². The molecule has 0 aromatic carbocycles. The highest BCUT2D eigenvalue weighted by atomic mass is 19.1. The number of rotatable bonds is 3. The highest BCUT2D eigenvalue weighted by Crippen LogP contribution is 2.29. The zero-order chi connectivity index (χ0) is 11.4. The molecule has 1 aliphatic rings. The van der Waals surface area contributed by atoms with Crippen LogP contribution >= 0.6 is 0 Å². The number of esters is 1. The van der Waals surface area contributed by atoms with Crippen LogP contribution in [-0.2, 0) is 14.3 Å². The lowest BCUT2D eigenvalue weighted by atomic mass is 10.1. The number of carbonyl (C=O) groups excluding carboxylic acids is 2. The molecular weight excluding hydrogens is 201 g/mol. The second kappa shape index (κ2) is 5.09. The number of hydrogen-bond acceptors (Lipinski definition) is 3. The smallest absolute Gasteiger partial charge is 0.302 e. The highest BCUT2D eigenvalue weighted by Gasteiger charge is 2.35. The number of carbonyl (C=O) groups is 2. The van der Waals surface area contributed by atoms with Crippen molar-refractivity contribution in [1.29, 1.82) is 0 Å². The first kappa shape index (κ1) is 11.9. The summed E-state index contributed by atoms with van der Waals surface area (Å²) in [7, 11) is 0. The first-order valence-corrected chi connectivity index (χ1v) is 5.03. The molecule has 3 atom stereocenters. The number of alkyl halides is 1. The predicted molar refractivity (Wildman–Crippen MR) is 51.9 cm³/mol. The van der Waals surface area contributed by atoms with E-state index in [-0.39, 0.29) is 24.5 Å². The van der Waals surface area contributed by atoms with Crippen LogP contribution < -0.4 is 5.32 Å². The van der Waals surface area contributed by atoms with Crippen molar-refractivity contribution in [1.82, 2.24) is 5.32 Å². The molecule has 0 unspecified atom stereocenters. The van der Waals surface area contributed by atoms with E-state index in [9.17, 15) is 14.0 Å². The van der Waals surface area contributed by atoms with Gasteiger partial charge in [-0.25, -0.2) is 4.39 Å². The van der Waals surface area contributed by atoms with Gasteiger partial charge in [-0.3, -0.25) is 9.59 Å². The summed E-state index contributed by atoms with van der Waals surface area (Å²) < 4.78 is 18.2. The minimum absolute atomic E-state index is 0.104. The van der Waals surface area contributed by atoms with E-state index in [4.69, 9.17) is 4.74 Å². The van der Waals surface area contributed by atoms with Gasteiger partial charge in [-0.15, -0.1) is 0 Å². The van der Waals surface area contributed by atoms with E-state index in [0.717, 1.165) is 0 Å². The van der Waals surface area contributed by atoms with E-state index in [0.29, 0.717) is 12.8 Å². The third-order valence-electron chi connectivity index (χ3n) is 2.52. The third-order valence-corrected chi connectivity index (χ3v) is 2.52. The normalized spacial score (nSPS) is 29.9. The topological polar surface area (TPSA) is 55.4 Å². The fourth-order valence-corrected chi connectivity index (χ4v) is 1.88. The molecule has 0 bridgehead atoms. The summed E-state index contributed by atoms with van der Waals surface area (Å²) >= 11 is 0. The van der Waals surface area contributed by atoms with Gasteiger partial charge in [0.25, 0.3) is 0 Å². The van der Waals surface area contributed by atoms with Gasteiger partial charge in [0.05, 0.1) is 6.61 Å². The second-order valence-corrected chi connectivity index (χ2v) is 3.95. The van der Waals surface area contributed by atoms with E-state index in [1.807, 2.05) is 0 Å². The lowest BCUT2D eigenvalue weighted by Gasteiger charge is -2.12. The largest absolute Gasteiger partial charge is 0.465 e. The molecule has 4 nitrogen and oxygen atoms in total. The maximum atomic E-state index is 13.4. The van der Waals surface area contributed by atoms with E-state index >= 15 is 0 Å².